The summed E-state index contributed by atoms with van der Waals surface area (Å²) in [7, 11) is 0. The Morgan fingerprint density at radius 1 is 0.468 bits per heavy atom. The molecule has 2 aromatic carbocycles. The van der Waals surface area contributed by atoms with Crippen LogP contribution in [0.25, 0.3) is 21.8 Å². The lowest BCUT2D eigenvalue weighted by Gasteiger charge is -2.09. The maximum Gasteiger partial charge on any atom is 0.490 e. The van der Waals surface area contributed by atoms with E-state index in [-0.39, 0.29) is 49.3 Å². The number of anilines is 2. The number of carboxylic acid groups (broad SMARTS) is 2. The highest BCUT2D eigenvalue weighted by Gasteiger charge is 2.38. The first-order valence-corrected chi connectivity index (χ1v) is 19.2. The second-order valence-electron chi connectivity index (χ2n) is 13.1. The van der Waals surface area contributed by atoms with E-state index in [1.54, 1.807) is 12.4 Å². The molecule has 0 atom stereocenters. The molecule has 0 fully saturated rings. The molecule has 0 aliphatic rings. The Morgan fingerprint density at radius 3 is 1.16 bits per heavy atom. The zero-order valence-electron chi connectivity index (χ0n) is 33.3. The summed E-state index contributed by atoms with van der Waals surface area (Å²) in [5, 5.41) is 34.3. The van der Waals surface area contributed by atoms with Crippen LogP contribution in [-0.2, 0) is 28.8 Å². The molecule has 8 N–H and O–H groups in total. The Hall–Kier alpha value is -6.42. The maximum absolute atomic E-state index is 12.3. The summed E-state index contributed by atoms with van der Waals surface area (Å²) >= 11 is 0. The Bertz CT molecular complexity index is 1910. The number of hydrogen-bond donors (Lipinski definition) is 8. The monoisotopic (exact) mass is 882 g/mol. The van der Waals surface area contributed by atoms with Crippen molar-refractivity contribution in [2.45, 2.75) is 63.7 Å². The number of unbranched alkanes of at least 4 members (excludes halogenated alkanes) is 1. The maximum atomic E-state index is 12.3. The molecule has 62 heavy (non-hydrogen) atoms. The van der Waals surface area contributed by atoms with Crippen LogP contribution < -0.4 is 31.9 Å². The van der Waals surface area contributed by atoms with E-state index in [1.165, 1.54) is 0 Å². The number of aliphatic carboxylic acids is 2. The first-order valence-electron chi connectivity index (χ1n) is 19.2. The van der Waals surface area contributed by atoms with Gasteiger partial charge in [0.1, 0.15) is 0 Å². The van der Waals surface area contributed by atoms with E-state index >= 15 is 0 Å². The summed E-state index contributed by atoms with van der Waals surface area (Å²) in [5.41, 5.74) is 3.01. The minimum atomic E-state index is -5.08. The molecule has 2 heterocycles. The number of benzene rings is 2. The van der Waals surface area contributed by atoms with E-state index in [0.717, 1.165) is 73.7 Å². The van der Waals surface area contributed by atoms with Gasteiger partial charge in [-0.05, 0) is 100 Å². The van der Waals surface area contributed by atoms with Crippen molar-refractivity contribution in [3.63, 3.8) is 0 Å². The molecular formula is C40H48F6N8O8. The first-order chi connectivity index (χ1) is 29.4. The molecule has 0 aliphatic carbocycles. The van der Waals surface area contributed by atoms with Gasteiger partial charge < -0.3 is 42.1 Å². The van der Waals surface area contributed by atoms with E-state index in [0.29, 0.717) is 24.5 Å². The molecule has 0 bridgehead atoms. The molecule has 4 amide bonds. The molecular weight excluding hydrogens is 834 g/mol. The lowest BCUT2D eigenvalue weighted by molar-refractivity contribution is -0.193. The van der Waals surface area contributed by atoms with Gasteiger partial charge in [-0.1, -0.05) is 12.1 Å². The van der Waals surface area contributed by atoms with Crippen LogP contribution in [0, 0.1) is 0 Å². The average Bonchev–Trinajstić information content (AvgIpc) is 3.22. The molecule has 0 radical (unpaired) electrons. The molecule has 0 saturated heterocycles. The van der Waals surface area contributed by atoms with Crippen LogP contribution >= 0.6 is 0 Å². The topological polar surface area (TPSA) is 241 Å². The number of carbonyl (C=O) groups is 6. The van der Waals surface area contributed by atoms with Gasteiger partial charge in [-0.3, -0.25) is 29.1 Å². The minimum Gasteiger partial charge on any atom is -0.475 e. The number of halogens is 6. The van der Waals surface area contributed by atoms with Crippen molar-refractivity contribution in [1.29, 1.82) is 0 Å². The molecule has 0 aliphatic heterocycles. The van der Waals surface area contributed by atoms with E-state index in [1.807, 2.05) is 60.7 Å². The van der Waals surface area contributed by atoms with Gasteiger partial charge in [0.15, 0.2) is 0 Å². The number of pyridine rings is 2. The van der Waals surface area contributed by atoms with E-state index in [9.17, 15) is 45.5 Å². The third kappa shape index (κ3) is 21.7. The second kappa shape index (κ2) is 27.4. The van der Waals surface area contributed by atoms with E-state index in [2.05, 4.69) is 41.9 Å². The lowest BCUT2D eigenvalue weighted by Crippen LogP contribution is -2.29. The number of fused-ring (bicyclic) bond motifs is 2. The van der Waals surface area contributed by atoms with E-state index in [4.69, 9.17) is 19.8 Å². The summed E-state index contributed by atoms with van der Waals surface area (Å²) in [4.78, 5) is 75.3. The van der Waals surface area contributed by atoms with Crippen molar-refractivity contribution in [2.24, 2.45) is 0 Å². The van der Waals surface area contributed by atoms with Crippen molar-refractivity contribution >= 4 is 68.7 Å². The molecule has 0 saturated carbocycles. The summed E-state index contributed by atoms with van der Waals surface area (Å²) in [5.74, 6) is -6.17. The fourth-order valence-corrected chi connectivity index (χ4v) is 5.11. The van der Waals surface area contributed by atoms with Crippen LogP contribution in [0.1, 0.15) is 51.4 Å². The number of aromatic nitrogens is 2. The third-order valence-electron chi connectivity index (χ3n) is 8.14. The number of nitrogens with one attached hydrogen (secondary N) is 6. The van der Waals surface area contributed by atoms with Crippen molar-refractivity contribution in [3.8, 4) is 0 Å². The average molecular weight is 883 g/mol. The smallest absolute Gasteiger partial charge is 0.475 e. The van der Waals surface area contributed by atoms with Crippen LogP contribution in [0.5, 0.6) is 0 Å². The summed E-state index contributed by atoms with van der Waals surface area (Å²) in [6, 6.07) is 18.6. The Labute approximate surface area is 351 Å². The number of hydrogen-bond acceptors (Lipinski definition) is 10. The zero-order chi connectivity index (χ0) is 46.0. The standard InChI is InChI=1S/C36H46N8O4.2C2HF3O2/c45-33(15-17-35(47)43-31-13-3-11-29-27(31)9-5-23-39-29)41-25-7-21-37-19-1-2-20-38-22-8-26-42-34(46)16-18-36(48)44-32-14-4-12-30-28(32)10-6-24-40-30;2*3-2(4,5)1(6)7/h3-6,9-14,23-24,37-38H,1-2,7-8,15-22,25-26H2,(H,41,45)(H,42,46)(H,43,47)(H,44,48);2*(H,6,7). The van der Waals surface area contributed by atoms with Gasteiger partial charge in [0.05, 0.1) is 22.4 Å². The summed E-state index contributed by atoms with van der Waals surface area (Å²) in [6.45, 7) is 4.56. The molecule has 338 valence electrons. The Kier molecular flexibility index (Phi) is 22.9. The largest absolute Gasteiger partial charge is 0.490 e. The van der Waals surface area contributed by atoms with Gasteiger partial charge in [-0.15, -0.1) is 0 Å². The number of nitrogens with zero attached hydrogens (tertiary/aromatic N) is 2. The molecule has 4 aromatic rings. The van der Waals surface area contributed by atoms with Crippen LogP contribution in [0.15, 0.2) is 73.1 Å². The van der Waals surface area contributed by atoms with Gasteiger partial charge in [0.25, 0.3) is 0 Å². The predicted molar refractivity (Wildman–Crippen MR) is 217 cm³/mol. The summed E-state index contributed by atoms with van der Waals surface area (Å²) in [6.07, 6.45) is -2.51. The SMILES string of the molecule is O=C(CCC(=O)Nc1cccc2ncccc12)NCCCNCCCCNCCCNC(=O)CCC(=O)Nc1cccc2ncccc12.O=C(O)C(F)(F)F.O=C(O)C(F)(F)F. The van der Waals surface area contributed by atoms with Gasteiger partial charge >= 0.3 is 24.3 Å². The van der Waals surface area contributed by atoms with Crippen molar-refractivity contribution in [2.75, 3.05) is 49.9 Å². The fourth-order valence-electron chi connectivity index (χ4n) is 5.11. The molecule has 22 heteroatoms. The lowest BCUT2D eigenvalue weighted by atomic mass is 10.1. The van der Waals surface area contributed by atoms with Crippen molar-refractivity contribution < 1.29 is 65.3 Å². The highest BCUT2D eigenvalue weighted by atomic mass is 19.4. The van der Waals surface area contributed by atoms with E-state index < -0.39 is 24.3 Å². The predicted octanol–water partition coefficient (Wildman–Crippen LogP) is 5.16. The summed E-state index contributed by atoms with van der Waals surface area (Å²) < 4.78 is 63.5. The minimum absolute atomic E-state index is 0.121. The van der Waals surface area contributed by atoms with Gasteiger partial charge in [0, 0.05) is 61.9 Å². The quantitative estimate of drug-likeness (QED) is 0.0400. The van der Waals surface area contributed by atoms with Crippen LogP contribution in [0.2, 0.25) is 0 Å². The Morgan fingerprint density at radius 2 is 0.806 bits per heavy atom. The molecule has 0 spiro atoms. The third-order valence-corrected chi connectivity index (χ3v) is 8.14. The molecule has 0 unspecified atom stereocenters. The van der Waals surface area contributed by atoms with Crippen LogP contribution in [0.4, 0.5) is 37.7 Å². The number of carbonyl (C=O) groups excluding carboxylic acids is 4. The highest BCUT2D eigenvalue weighted by molar-refractivity contribution is 6.02. The van der Waals surface area contributed by atoms with Crippen molar-refractivity contribution in [3.05, 3.63) is 73.1 Å². The van der Waals surface area contributed by atoms with Crippen LogP contribution in [0.3, 0.4) is 0 Å². The molecule has 16 nitrogen and oxygen atoms in total. The van der Waals surface area contributed by atoms with Gasteiger partial charge in [-0.25, -0.2) is 9.59 Å². The fraction of sp³-hybridized carbons (Fsp3) is 0.400. The number of alkyl halides is 6. The zero-order valence-corrected chi connectivity index (χ0v) is 33.3. The van der Waals surface area contributed by atoms with Gasteiger partial charge in [0.2, 0.25) is 23.6 Å². The normalized spacial score (nSPS) is 11.0. The van der Waals surface area contributed by atoms with Gasteiger partial charge in [-0.2, -0.15) is 26.3 Å². The molecule has 4 rings (SSSR count). The second-order valence-corrected chi connectivity index (χ2v) is 13.1. The van der Waals surface area contributed by atoms with Crippen molar-refractivity contribution in [1.82, 2.24) is 31.2 Å². The van der Waals surface area contributed by atoms with Crippen LogP contribution in [-0.4, -0.2) is 107 Å². The Balaban J connectivity index is 0.000000811. The highest BCUT2D eigenvalue weighted by Crippen LogP contribution is 2.22. The molecule has 2 aromatic heterocycles. The number of amides is 4. The first kappa shape index (κ1) is 51.7. The number of rotatable bonds is 21. The number of carboxylic acids is 2.